The summed E-state index contributed by atoms with van der Waals surface area (Å²) in [5.41, 5.74) is 5.86. The van der Waals surface area contributed by atoms with Gasteiger partial charge in [0.15, 0.2) is 5.65 Å². The summed E-state index contributed by atoms with van der Waals surface area (Å²) in [5.74, 6) is 0.519. The molecule has 0 radical (unpaired) electrons. The van der Waals surface area contributed by atoms with Crippen LogP contribution in [0.4, 0.5) is 17.1 Å². The number of aliphatic hydroxyl groups excluding tert-OH is 1. The summed E-state index contributed by atoms with van der Waals surface area (Å²) in [6, 6.07) is 18.1. The first-order valence-corrected chi connectivity index (χ1v) is 15.3. The van der Waals surface area contributed by atoms with Crippen molar-refractivity contribution in [3.8, 4) is 11.1 Å². The summed E-state index contributed by atoms with van der Waals surface area (Å²) < 4.78 is 1.71. The van der Waals surface area contributed by atoms with E-state index in [0.717, 1.165) is 79.8 Å². The Bertz CT molecular complexity index is 1470. The number of hydrogen-bond donors (Lipinski definition) is 3. The number of amides is 1. The number of aliphatic hydroxyl groups is 1. The summed E-state index contributed by atoms with van der Waals surface area (Å²) in [6.45, 7) is 5.96. The number of rotatable bonds is 10. The van der Waals surface area contributed by atoms with E-state index < -0.39 is 0 Å². The van der Waals surface area contributed by atoms with Gasteiger partial charge < -0.3 is 20.6 Å². The maximum absolute atomic E-state index is 13.3. The topological polar surface area (TPSA) is 98.0 Å². The summed E-state index contributed by atoms with van der Waals surface area (Å²) in [7, 11) is 0. The van der Waals surface area contributed by atoms with Gasteiger partial charge in [-0.2, -0.15) is 5.10 Å². The number of aromatic nitrogens is 3. The van der Waals surface area contributed by atoms with Gasteiger partial charge in [-0.15, -0.1) is 0 Å². The zero-order chi connectivity index (χ0) is 28.7. The van der Waals surface area contributed by atoms with E-state index in [9.17, 15) is 4.79 Å². The number of piperazine rings is 1. The predicted octanol–water partition coefficient (Wildman–Crippen LogP) is 5.15. The minimum Gasteiger partial charge on any atom is -0.396 e. The Labute approximate surface area is 247 Å². The largest absolute Gasteiger partial charge is 0.396 e. The second-order valence-electron chi connectivity index (χ2n) is 11.5. The lowest BCUT2D eigenvalue weighted by Crippen LogP contribution is -2.46. The van der Waals surface area contributed by atoms with E-state index in [1.807, 2.05) is 24.4 Å². The second kappa shape index (κ2) is 13.4. The normalized spacial score (nSPS) is 16.5. The van der Waals surface area contributed by atoms with Gasteiger partial charge in [0, 0.05) is 74.7 Å². The number of nitrogens with zero attached hydrogens (tertiary/aromatic N) is 5. The summed E-state index contributed by atoms with van der Waals surface area (Å²) in [5, 5.41) is 20.2. The van der Waals surface area contributed by atoms with E-state index in [0.29, 0.717) is 11.3 Å². The minimum atomic E-state index is -0.252. The lowest BCUT2D eigenvalue weighted by molar-refractivity contribution is 0.102. The molecule has 42 heavy (non-hydrogen) atoms. The van der Waals surface area contributed by atoms with Gasteiger partial charge in [-0.25, -0.2) is 9.50 Å². The Hall–Kier alpha value is -3.95. The first-order chi connectivity index (χ1) is 20.7. The Morgan fingerprint density at radius 2 is 1.76 bits per heavy atom. The van der Waals surface area contributed by atoms with Crippen LogP contribution in [0.1, 0.15) is 49.0 Å². The smallest absolute Gasteiger partial charge is 0.274 e. The molecule has 4 aromatic rings. The van der Waals surface area contributed by atoms with Gasteiger partial charge >= 0.3 is 0 Å². The molecule has 0 atom stereocenters. The van der Waals surface area contributed by atoms with Gasteiger partial charge in [-0.05, 0) is 67.1 Å². The van der Waals surface area contributed by atoms with Crippen molar-refractivity contribution in [2.75, 3.05) is 61.4 Å². The lowest BCUT2D eigenvalue weighted by Gasteiger charge is -2.36. The Morgan fingerprint density at radius 1 is 0.952 bits per heavy atom. The fraction of sp³-hybridized carbons (Fsp3) is 0.424. The molecule has 9 nitrogen and oxygen atoms in total. The molecule has 1 aliphatic heterocycles. The van der Waals surface area contributed by atoms with Gasteiger partial charge in [-0.3, -0.25) is 9.69 Å². The SMILES string of the molecule is O=C(Nc1cccc(N2CCN(CCCO)CC2)c1)c1ccn2ncc(-c3ccc(NCC4CCCCC4)cc3)c2n1. The Kier molecular flexibility index (Phi) is 8.96. The van der Waals surface area contributed by atoms with E-state index in [2.05, 4.69) is 55.9 Å². The molecule has 220 valence electrons. The summed E-state index contributed by atoms with van der Waals surface area (Å²) >= 11 is 0. The molecular weight excluding hydrogens is 526 g/mol. The molecule has 1 amide bonds. The van der Waals surface area contributed by atoms with Gasteiger partial charge in [0.25, 0.3) is 5.91 Å². The second-order valence-corrected chi connectivity index (χ2v) is 11.5. The zero-order valence-electron chi connectivity index (χ0n) is 24.2. The minimum absolute atomic E-state index is 0.233. The lowest BCUT2D eigenvalue weighted by atomic mass is 9.89. The van der Waals surface area contributed by atoms with Crippen molar-refractivity contribution in [1.29, 1.82) is 0 Å². The molecule has 2 aliphatic rings. The molecule has 6 rings (SSSR count). The summed E-state index contributed by atoms with van der Waals surface area (Å²) in [6.07, 6.45) is 11.1. The number of hydrogen-bond acceptors (Lipinski definition) is 7. The van der Waals surface area contributed by atoms with Crippen LogP contribution in [0.15, 0.2) is 67.0 Å². The van der Waals surface area contributed by atoms with Crippen molar-refractivity contribution < 1.29 is 9.90 Å². The molecule has 1 saturated carbocycles. The first-order valence-electron chi connectivity index (χ1n) is 15.3. The quantitative estimate of drug-likeness (QED) is 0.244. The third-order valence-corrected chi connectivity index (χ3v) is 8.59. The summed E-state index contributed by atoms with van der Waals surface area (Å²) in [4.78, 5) is 22.7. The highest BCUT2D eigenvalue weighted by Gasteiger charge is 2.18. The maximum Gasteiger partial charge on any atom is 0.274 e. The van der Waals surface area contributed by atoms with Crippen molar-refractivity contribution in [3.05, 3.63) is 72.7 Å². The van der Waals surface area contributed by atoms with E-state index in [1.54, 1.807) is 16.8 Å². The average Bonchev–Trinajstić information content (AvgIpc) is 3.47. The molecule has 1 saturated heterocycles. The molecular formula is C33H41N7O2. The maximum atomic E-state index is 13.3. The fourth-order valence-electron chi connectivity index (χ4n) is 6.12. The third-order valence-electron chi connectivity index (χ3n) is 8.59. The van der Waals surface area contributed by atoms with E-state index in [-0.39, 0.29) is 12.5 Å². The van der Waals surface area contributed by atoms with Crippen LogP contribution in [0, 0.1) is 5.92 Å². The molecule has 1 aliphatic carbocycles. The molecule has 0 unspecified atom stereocenters. The van der Waals surface area contributed by atoms with E-state index in [4.69, 9.17) is 10.1 Å². The van der Waals surface area contributed by atoms with Gasteiger partial charge in [0.2, 0.25) is 0 Å². The third kappa shape index (κ3) is 6.74. The van der Waals surface area contributed by atoms with Crippen molar-refractivity contribution in [2.24, 2.45) is 5.92 Å². The zero-order valence-corrected chi connectivity index (χ0v) is 24.2. The highest BCUT2D eigenvalue weighted by molar-refractivity contribution is 6.03. The molecule has 0 spiro atoms. The molecule has 3 N–H and O–H groups in total. The van der Waals surface area contributed by atoms with Crippen molar-refractivity contribution in [2.45, 2.75) is 38.5 Å². The standard InChI is InChI=1S/C33H41N7O2/c41-21-5-15-38-17-19-39(20-18-38)29-9-4-8-28(22-29)36-33(42)31-14-16-40-32(37-31)30(24-35-40)26-10-12-27(13-11-26)34-23-25-6-2-1-3-7-25/h4,8-14,16,22,24-25,34,41H,1-3,5-7,15,17-21,23H2,(H,36,42). The highest BCUT2D eigenvalue weighted by atomic mass is 16.3. The van der Waals surface area contributed by atoms with Gasteiger partial charge in [0.05, 0.1) is 6.20 Å². The monoisotopic (exact) mass is 567 g/mol. The first kappa shape index (κ1) is 28.2. The average molecular weight is 568 g/mol. The van der Waals surface area contributed by atoms with Crippen molar-refractivity contribution >= 4 is 28.6 Å². The number of carbonyl (C=O) groups is 1. The Balaban J connectivity index is 1.10. The number of fused-ring (bicyclic) bond motifs is 1. The molecule has 3 heterocycles. The van der Waals surface area contributed by atoms with Gasteiger partial charge in [-0.1, -0.05) is 37.5 Å². The van der Waals surface area contributed by atoms with Gasteiger partial charge in [0.1, 0.15) is 5.69 Å². The van der Waals surface area contributed by atoms with E-state index in [1.165, 1.54) is 32.1 Å². The number of nitrogens with one attached hydrogen (secondary N) is 2. The number of anilines is 3. The van der Waals surface area contributed by atoms with Crippen molar-refractivity contribution in [3.63, 3.8) is 0 Å². The van der Waals surface area contributed by atoms with Crippen LogP contribution in [0.3, 0.4) is 0 Å². The highest BCUT2D eigenvalue weighted by Crippen LogP contribution is 2.27. The molecule has 2 aromatic carbocycles. The van der Waals surface area contributed by atoms with Crippen LogP contribution < -0.4 is 15.5 Å². The number of carbonyl (C=O) groups excluding carboxylic acids is 1. The van der Waals surface area contributed by atoms with E-state index >= 15 is 0 Å². The molecule has 2 aromatic heterocycles. The van der Waals surface area contributed by atoms with Crippen LogP contribution in [-0.4, -0.2) is 76.4 Å². The molecule has 0 bridgehead atoms. The number of benzene rings is 2. The molecule has 2 fully saturated rings. The Morgan fingerprint density at radius 3 is 2.55 bits per heavy atom. The van der Waals surface area contributed by atoms with Crippen LogP contribution >= 0.6 is 0 Å². The van der Waals surface area contributed by atoms with Crippen LogP contribution in [0.5, 0.6) is 0 Å². The van der Waals surface area contributed by atoms with Crippen molar-refractivity contribution in [1.82, 2.24) is 19.5 Å². The van der Waals surface area contributed by atoms with Crippen LogP contribution in [0.25, 0.3) is 16.8 Å². The van der Waals surface area contributed by atoms with Crippen LogP contribution in [-0.2, 0) is 0 Å². The predicted molar refractivity (Wildman–Crippen MR) is 168 cm³/mol. The molecule has 9 heteroatoms. The van der Waals surface area contributed by atoms with Crippen LogP contribution in [0.2, 0.25) is 0 Å². The fourth-order valence-corrected chi connectivity index (χ4v) is 6.12.